The molecule has 0 aliphatic rings. The van der Waals surface area contributed by atoms with E-state index >= 15 is 0 Å². The number of hydrogen-bond donors (Lipinski definition) is 0. The predicted octanol–water partition coefficient (Wildman–Crippen LogP) is 28.7. The van der Waals surface area contributed by atoms with Crippen molar-refractivity contribution < 1.29 is 21.6 Å². The minimum absolute atomic E-state index is 0.0283. The minimum Gasteiger partial charge on any atom is -0.518 e. The van der Waals surface area contributed by atoms with Crippen LogP contribution >= 0.6 is 0 Å². The second kappa shape index (κ2) is 61.5. The number of carbonyl (C=O) groups is 1. The molecule has 0 spiro atoms. The van der Waals surface area contributed by atoms with Crippen molar-refractivity contribution in [3.05, 3.63) is 12.3 Å². The smallest absolute Gasteiger partial charge is 0.390 e. The summed E-state index contributed by atoms with van der Waals surface area (Å²) < 4.78 is 34.4. The molecule has 5 nitrogen and oxygen atoms in total. The van der Waals surface area contributed by atoms with Gasteiger partial charge in [-0.25, -0.2) is 0 Å². The average molecular weight is 1260 g/mol. The fourth-order valence-electron chi connectivity index (χ4n) is 13.7. The summed E-state index contributed by atoms with van der Waals surface area (Å²) in [6.45, 7) is 27.4. The number of rotatable bonds is 72. The van der Waals surface area contributed by atoms with E-state index in [0.717, 1.165) is 49.1 Å². The maximum atomic E-state index is 13.7. The molecule has 0 aliphatic carbocycles. The molecule has 0 heterocycles. The van der Waals surface area contributed by atoms with Crippen molar-refractivity contribution in [3.63, 3.8) is 0 Å². The van der Waals surface area contributed by atoms with E-state index in [1.165, 1.54) is 352 Å². The summed E-state index contributed by atoms with van der Waals surface area (Å²) >= 11 is 0. The molecule has 0 amide bonds. The molecule has 0 unspecified atom stereocenters. The van der Waals surface area contributed by atoms with Gasteiger partial charge in [-0.3, -0.25) is 4.79 Å². The first-order valence-electron chi connectivity index (χ1n) is 39.5. The third-order valence-electron chi connectivity index (χ3n) is 19.3. The van der Waals surface area contributed by atoms with E-state index in [-0.39, 0.29) is 5.78 Å². The fourth-order valence-corrected chi connectivity index (χ4v) is 38.5. The molecule has 0 saturated heterocycles. The van der Waals surface area contributed by atoms with Crippen LogP contribution in [0, 0.1) is 0 Å². The number of ketones is 1. The topological polar surface area (TPSA) is 54.0 Å². The molecule has 9 heteroatoms. The Morgan fingerprint density at radius 2 is 0.400 bits per heavy atom. The first-order valence-corrected chi connectivity index (χ1v) is 48.7. The molecule has 0 bridgehead atoms. The van der Waals surface area contributed by atoms with Crippen molar-refractivity contribution >= 4 is 39.8 Å². The summed E-state index contributed by atoms with van der Waals surface area (Å²) in [6.07, 6.45) is 70.1. The minimum atomic E-state index is -3.15. The van der Waals surface area contributed by atoms with Gasteiger partial charge in [-0.2, -0.15) is 0 Å². The highest BCUT2D eigenvalue weighted by Crippen LogP contribution is 2.44. The van der Waals surface area contributed by atoms with E-state index in [1.54, 1.807) is 6.92 Å². The third-order valence-corrected chi connectivity index (χ3v) is 39.6. The van der Waals surface area contributed by atoms with Crippen LogP contribution in [0.15, 0.2) is 12.3 Å². The summed E-state index contributed by atoms with van der Waals surface area (Å²) in [6, 6.07) is 10.3. The molecule has 0 N–H and O–H groups in total. The lowest BCUT2D eigenvalue weighted by Gasteiger charge is -2.49. The lowest BCUT2D eigenvalue weighted by atomic mass is 10.1. The molecule has 0 aromatic rings. The zero-order valence-corrected chi connectivity index (χ0v) is 64.3. The molecule has 0 saturated carbocycles. The summed E-state index contributed by atoms with van der Waals surface area (Å²) in [4.78, 5) is 13.7. The molecule has 0 atom stereocenters. The van der Waals surface area contributed by atoms with Crippen molar-refractivity contribution in [2.75, 3.05) is 0 Å². The summed E-state index contributed by atoms with van der Waals surface area (Å²) in [5.41, 5.74) is 0. The molecule has 0 fully saturated rings. The zero-order valence-electron chi connectivity index (χ0n) is 60.3. The SMILES string of the molecule is C=C(O[Si](CCCCCCCC)(CCCCCCCC)O[Si](CCCCCCCC)(CCCCCCCC)O[Si](CCCCCCCC)(CCCCCCCC)O[Si](CCCCCCCC)(CCCCCCCC)CCCCCCCC)C(C)=O. The fraction of sp³-hybridized carbons (Fsp3) is 0.961. The van der Waals surface area contributed by atoms with Crippen LogP contribution < -0.4 is 0 Å². The van der Waals surface area contributed by atoms with Crippen LogP contribution in [0.1, 0.15) is 416 Å². The Kier molecular flexibility index (Phi) is 61.4. The van der Waals surface area contributed by atoms with Crippen LogP contribution in [0.25, 0.3) is 0 Å². The Balaban J connectivity index is 8.99. The van der Waals surface area contributed by atoms with Gasteiger partial charge in [-0.15, -0.1) is 0 Å². The Hall–Kier alpha value is -0.0425. The first-order chi connectivity index (χ1) is 41.5. The highest BCUT2D eigenvalue weighted by atomic mass is 28.5. The Morgan fingerprint density at radius 1 is 0.235 bits per heavy atom. The van der Waals surface area contributed by atoms with Crippen molar-refractivity contribution in [1.29, 1.82) is 0 Å². The van der Waals surface area contributed by atoms with Crippen LogP contribution in [0.4, 0.5) is 0 Å². The van der Waals surface area contributed by atoms with Crippen LogP contribution in [0.2, 0.25) is 54.4 Å². The van der Waals surface area contributed by atoms with Gasteiger partial charge in [0.15, 0.2) is 14.1 Å². The van der Waals surface area contributed by atoms with E-state index in [2.05, 4.69) is 68.9 Å². The van der Waals surface area contributed by atoms with Gasteiger partial charge in [-0.1, -0.05) is 416 Å². The van der Waals surface area contributed by atoms with Crippen LogP contribution in [-0.2, 0) is 21.6 Å². The van der Waals surface area contributed by atoms with E-state index < -0.39 is 34.0 Å². The van der Waals surface area contributed by atoms with Crippen LogP contribution in [0.3, 0.4) is 0 Å². The van der Waals surface area contributed by atoms with E-state index in [9.17, 15) is 4.79 Å². The van der Waals surface area contributed by atoms with Gasteiger partial charge in [0.2, 0.25) is 0 Å². The molecule has 0 rings (SSSR count). The summed E-state index contributed by atoms with van der Waals surface area (Å²) in [7, 11) is -11.6. The molecule has 0 radical (unpaired) electrons. The Morgan fingerprint density at radius 3 is 0.612 bits per heavy atom. The molecular formula is C76H158O5Si4. The maximum absolute atomic E-state index is 13.7. The van der Waals surface area contributed by atoms with E-state index in [1.807, 2.05) is 0 Å². The molecule has 85 heavy (non-hydrogen) atoms. The molecule has 508 valence electrons. The van der Waals surface area contributed by atoms with Crippen LogP contribution in [0.5, 0.6) is 0 Å². The normalized spacial score (nSPS) is 12.5. The van der Waals surface area contributed by atoms with Gasteiger partial charge >= 0.3 is 25.7 Å². The molecule has 0 aromatic heterocycles. The average Bonchev–Trinajstić information content (AvgIpc) is 3.14. The Bertz CT molecular complexity index is 1320. The van der Waals surface area contributed by atoms with Gasteiger partial charge in [0.1, 0.15) is 5.76 Å². The third kappa shape index (κ3) is 48.4. The lowest BCUT2D eigenvalue weighted by molar-refractivity contribution is -0.115. The van der Waals surface area contributed by atoms with Gasteiger partial charge in [0, 0.05) is 19.0 Å². The zero-order chi connectivity index (χ0) is 62.5. The van der Waals surface area contributed by atoms with Crippen molar-refractivity contribution in [2.45, 2.75) is 470 Å². The van der Waals surface area contributed by atoms with Gasteiger partial charge in [0.25, 0.3) is 0 Å². The van der Waals surface area contributed by atoms with Crippen molar-refractivity contribution in [1.82, 2.24) is 0 Å². The Labute approximate surface area is 540 Å². The summed E-state index contributed by atoms with van der Waals surface area (Å²) in [5.74, 6) is 0.326. The largest absolute Gasteiger partial charge is 0.518 e. The van der Waals surface area contributed by atoms with Crippen molar-refractivity contribution in [2.24, 2.45) is 0 Å². The standard InChI is InChI=1S/C76H158O5Si4/c1-12-21-30-39-48-57-66-82(67-58-49-40-31-22-13-2,68-59-50-41-32-23-14-3)79-84(71-62-53-44-35-26-17-6,72-63-54-45-36-27-18-7)81-85(73-64-55-46-37-28-19-8,74-65-56-47-38-29-20-9)80-83(78-76(11)75(10)77,69-60-51-42-33-24-15-4)70-61-52-43-34-25-16-5/h11-74H2,1-10H3. The number of hydrogen-bond acceptors (Lipinski definition) is 5. The highest BCUT2D eigenvalue weighted by molar-refractivity contribution is 6.91. The second-order valence-electron chi connectivity index (χ2n) is 28.0. The highest BCUT2D eigenvalue weighted by Gasteiger charge is 2.56. The van der Waals surface area contributed by atoms with Gasteiger partial charge in [0.05, 0.1) is 0 Å². The first kappa shape index (κ1) is 85.0. The quantitative estimate of drug-likeness (QED) is 0.0263. The van der Waals surface area contributed by atoms with Gasteiger partial charge in [-0.05, 0) is 42.3 Å². The predicted molar refractivity (Wildman–Crippen MR) is 391 cm³/mol. The molecule has 0 aliphatic heterocycles. The number of carbonyl (C=O) groups excluding carboxylic acids is 1. The van der Waals surface area contributed by atoms with E-state index in [0.29, 0.717) is 5.76 Å². The second-order valence-corrected chi connectivity index (χ2v) is 42.9. The van der Waals surface area contributed by atoms with Crippen molar-refractivity contribution in [3.8, 4) is 0 Å². The lowest BCUT2D eigenvalue weighted by Crippen LogP contribution is -2.63. The number of Topliss-reactive ketones (excluding diaryl/α,β-unsaturated/α-hetero) is 1. The molecular weight excluding hydrogens is 1110 g/mol. The molecule has 0 aromatic carbocycles. The van der Waals surface area contributed by atoms with E-state index in [4.69, 9.17) is 16.8 Å². The number of allylic oxidation sites excluding steroid dienone is 1. The summed E-state index contributed by atoms with van der Waals surface area (Å²) in [5, 5.41) is 0. The van der Waals surface area contributed by atoms with Gasteiger partial charge < -0.3 is 16.8 Å². The number of unbranched alkanes of at least 4 members (excludes halogenated alkanes) is 45. The maximum Gasteiger partial charge on any atom is 0.390 e. The monoisotopic (exact) mass is 1260 g/mol. The van der Waals surface area contributed by atoms with Crippen LogP contribution in [-0.4, -0.2) is 39.8 Å².